The molecule has 21 heavy (non-hydrogen) atoms. The molecule has 1 aliphatic carbocycles. The fourth-order valence-electron chi connectivity index (χ4n) is 2.57. The van der Waals surface area contributed by atoms with E-state index < -0.39 is 0 Å². The summed E-state index contributed by atoms with van der Waals surface area (Å²) in [6.07, 6.45) is 6.95. The molecular formula is C14H11BrN4S2. The second-order valence-electron chi connectivity index (χ2n) is 4.80. The molecule has 1 aliphatic rings. The lowest BCUT2D eigenvalue weighted by Crippen LogP contribution is -1.95. The van der Waals surface area contributed by atoms with Crippen molar-refractivity contribution >= 4 is 60.9 Å². The lowest BCUT2D eigenvalue weighted by atomic mass is 10.2. The van der Waals surface area contributed by atoms with Gasteiger partial charge in [0.2, 0.25) is 0 Å². The number of hydrogen-bond acceptors (Lipinski definition) is 6. The van der Waals surface area contributed by atoms with Crippen LogP contribution in [0.5, 0.6) is 0 Å². The van der Waals surface area contributed by atoms with Gasteiger partial charge in [0.05, 0.1) is 11.6 Å². The number of hydrogen-bond donors (Lipinski definition) is 1. The maximum atomic E-state index is 4.39. The second-order valence-corrected chi connectivity index (χ2v) is 7.74. The van der Waals surface area contributed by atoms with E-state index in [1.807, 2.05) is 17.7 Å². The number of halogens is 1. The number of nitrogens with zero attached hydrogens (tertiary/aromatic N) is 3. The summed E-state index contributed by atoms with van der Waals surface area (Å²) in [4.78, 5) is 12.4. The van der Waals surface area contributed by atoms with Crippen LogP contribution in [0.4, 0.5) is 5.82 Å². The number of hydrazone groups is 1. The van der Waals surface area contributed by atoms with Crippen LogP contribution in [0.1, 0.15) is 21.7 Å². The minimum absolute atomic E-state index is 0.811. The van der Waals surface area contributed by atoms with E-state index in [2.05, 4.69) is 36.4 Å². The Bertz CT molecular complexity index is 837. The topological polar surface area (TPSA) is 50.2 Å². The van der Waals surface area contributed by atoms with Crippen LogP contribution in [0.2, 0.25) is 0 Å². The molecule has 0 saturated carbocycles. The molecular weight excluding hydrogens is 368 g/mol. The van der Waals surface area contributed by atoms with Crippen LogP contribution >= 0.6 is 38.6 Å². The van der Waals surface area contributed by atoms with Crippen molar-refractivity contribution in [2.75, 3.05) is 5.43 Å². The minimum Gasteiger partial charge on any atom is -0.261 e. The quantitative estimate of drug-likeness (QED) is 0.540. The van der Waals surface area contributed by atoms with E-state index in [4.69, 9.17) is 0 Å². The van der Waals surface area contributed by atoms with Crippen molar-refractivity contribution < 1.29 is 0 Å². The summed E-state index contributed by atoms with van der Waals surface area (Å²) in [6, 6.07) is 2.04. The van der Waals surface area contributed by atoms with Gasteiger partial charge in [0.15, 0.2) is 5.82 Å². The summed E-state index contributed by atoms with van der Waals surface area (Å²) < 4.78 is 1.08. The van der Waals surface area contributed by atoms with E-state index in [1.54, 1.807) is 29.0 Å². The van der Waals surface area contributed by atoms with Crippen LogP contribution in [0.15, 0.2) is 27.3 Å². The molecule has 106 valence electrons. The number of thiophene rings is 2. The van der Waals surface area contributed by atoms with E-state index in [-0.39, 0.29) is 0 Å². The van der Waals surface area contributed by atoms with Gasteiger partial charge >= 0.3 is 0 Å². The summed E-state index contributed by atoms with van der Waals surface area (Å²) in [7, 11) is 0. The van der Waals surface area contributed by atoms with Crippen LogP contribution < -0.4 is 5.43 Å². The number of rotatable bonds is 3. The third-order valence-electron chi connectivity index (χ3n) is 3.45. The highest BCUT2D eigenvalue weighted by molar-refractivity contribution is 9.10. The van der Waals surface area contributed by atoms with Crippen LogP contribution in [0, 0.1) is 0 Å². The predicted molar refractivity (Wildman–Crippen MR) is 92.7 cm³/mol. The van der Waals surface area contributed by atoms with Crippen LogP contribution in [-0.2, 0) is 12.8 Å². The molecule has 3 aromatic rings. The number of aryl methyl sites for hydroxylation is 2. The number of anilines is 1. The van der Waals surface area contributed by atoms with Gasteiger partial charge in [-0.25, -0.2) is 9.97 Å². The molecule has 0 radical (unpaired) electrons. The molecule has 0 aliphatic heterocycles. The minimum atomic E-state index is 0.811. The van der Waals surface area contributed by atoms with Crippen molar-refractivity contribution in [2.24, 2.45) is 5.10 Å². The first-order chi connectivity index (χ1) is 10.3. The number of aromatic nitrogens is 2. The van der Waals surface area contributed by atoms with Gasteiger partial charge in [-0.05, 0) is 46.8 Å². The average molecular weight is 379 g/mol. The Hall–Kier alpha value is -1.31. The van der Waals surface area contributed by atoms with Gasteiger partial charge < -0.3 is 0 Å². The Balaban J connectivity index is 1.66. The van der Waals surface area contributed by atoms with Crippen LogP contribution in [0.3, 0.4) is 0 Å². The number of fused-ring (bicyclic) bond motifs is 3. The Morgan fingerprint density at radius 1 is 1.33 bits per heavy atom. The molecule has 0 spiro atoms. The Morgan fingerprint density at radius 2 is 2.29 bits per heavy atom. The van der Waals surface area contributed by atoms with Crippen molar-refractivity contribution in [2.45, 2.75) is 19.3 Å². The zero-order chi connectivity index (χ0) is 14.2. The first kappa shape index (κ1) is 13.4. The van der Waals surface area contributed by atoms with Gasteiger partial charge in [-0.15, -0.1) is 22.7 Å². The normalized spacial score (nSPS) is 14.1. The van der Waals surface area contributed by atoms with E-state index in [9.17, 15) is 0 Å². The van der Waals surface area contributed by atoms with Crippen molar-refractivity contribution in [3.05, 3.63) is 37.6 Å². The molecule has 0 fully saturated rings. The Labute approximate surface area is 138 Å². The summed E-state index contributed by atoms with van der Waals surface area (Å²) in [5, 5.41) is 7.50. The molecule has 1 N–H and O–H groups in total. The van der Waals surface area contributed by atoms with Gasteiger partial charge in [-0.3, -0.25) is 5.43 Å². The summed E-state index contributed by atoms with van der Waals surface area (Å²) >= 11 is 6.87. The van der Waals surface area contributed by atoms with E-state index >= 15 is 0 Å². The molecule has 7 heteroatoms. The van der Waals surface area contributed by atoms with Crippen LogP contribution in [0.25, 0.3) is 10.2 Å². The third-order valence-corrected chi connectivity index (χ3v) is 6.28. The molecule has 4 nitrogen and oxygen atoms in total. The molecule has 0 amide bonds. The SMILES string of the molecule is Brc1csc(/C=N\Nc2ncnc3sc4c(c23)CCC4)c1. The predicted octanol–water partition coefficient (Wildman–Crippen LogP) is 4.45. The third kappa shape index (κ3) is 2.49. The second kappa shape index (κ2) is 5.47. The highest BCUT2D eigenvalue weighted by atomic mass is 79.9. The average Bonchev–Trinajstić information content (AvgIpc) is 3.14. The van der Waals surface area contributed by atoms with Gasteiger partial charge in [0, 0.05) is 19.6 Å². The lowest BCUT2D eigenvalue weighted by Gasteiger charge is -2.02. The molecule has 0 saturated heterocycles. The van der Waals surface area contributed by atoms with E-state index in [1.165, 1.54) is 23.3 Å². The Morgan fingerprint density at radius 3 is 3.14 bits per heavy atom. The Kier molecular flexibility index (Phi) is 3.48. The van der Waals surface area contributed by atoms with Gasteiger partial charge in [0.1, 0.15) is 11.2 Å². The maximum Gasteiger partial charge on any atom is 0.158 e. The first-order valence-electron chi connectivity index (χ1n) is 6.59. The van der Waals surface area contributed by atoms with Crippen molar-refractivity contribution in [3.8, 4) is 0 Å². The van der Waals surface area contributed by atoms with Crippen molar-refractivity contribution in [1.82, 2.24) is 9.97 Å². The number of nitrogens with one attached hydrogen (secondary N) is 1. The fraction of sp³-hybridized carbons (Fsp3) is 0.214. The maximum absolute atomic E-state index is 4.39. The zero-order valence-corrected chi connectivity index (χ0v) is 14.2. The zero-order valence-electron chi connectivity index (χ0n) is 11.0. The fourth-order valence-corrected chi connectivity index (χ4v) is 5.10. The van der Waals surface area contributed by atoms with Gasteiger partial charge in [0.25, 0.3) is 0 Å². The molecule has 0 bridgehead atoms. The highest BCUT2D eigenvalue weighted by Crippen LogP contribution is 2.38. The highest BCUT2D eigenvalue weighted by Gasteiger charge is 2.20. The summed E-state index contributed by atoms with van der Waals surface area (Å²) in [6.45, 7) is 0. The van der Waals surface area contributed by atoms with Crippen LogP contribution in [-0.4, -0.2) is 16.2 Å². The van der Waals surface area contributed by atoms with E-state index in [0.717, 1.165) is 31.8 Å². The molecule has 0 unspecified atom stereocenters. The summed E-state index contributed by atoms with van der Waals surface area (Å²) in [5.41, 5.74) is 4.49. The summed E-state index contributed by atoms with van der Waals surface area (Å²) in [5.74, 6) is 0.811. The molecule has 0 aromatic carbocycles. The standard InChI is InChI=1S/C14H11BrN4S2/c15-8-4-9(20-6-8)5-18-19-13-12-10-2-1-3-11(10)21-14(12)17-7-16-13/h4-7H,1-3H2,(H,16,17,19)/b18-5-. The first-order valence-corrected chi connectivity index (χ1v) is 9.08. The molecule has 3 heterocycles. The molecule has 3 aromatic heterocycles. The van der Waals surface area contributed by atoms with E-state index in [0.29, 0.717) is 0 Å². The smallest absolute Gasteiger partial charge is 0.158 e. The van der Waals surface area contributed by atoms with Gasteiger partial charge in [-0.1, -0.05) is 0 Å². The van der Waals surface area contributed by atoms with Crippen molar-refractivity contribution in [1.29, 1.82) is 0 Å². The molecule has 4 rings (SSSR count). The monoisotopic (exact) mass is 378 g/mol. The lowest BCUT2D eigenvalue weighted by molar-refractivity contribution is 0.917. The van der Waals surface area contributed by atoms with Gasteiger partial charge in [-0.2, -0.15) is 5.10 Å². The molecule has 0 atom stereocenters. The van der Waals surface area contributed by atoms with Crippen molar-refractivity contribution in [3.63, 3.8) is 0 Å². The largest absolute Gasteiger partial charge is 0.261 e.